The van der Waals surface area contributed by atoms with Crippen molar-refractivity contribution in [2.45, 2.75) is 31.0 Å². The van der Waals surface area contributed by atoms with E-state index >= 15 is 0 Å². The number of ether oxygens (including phenoxy) is 1. The van der Waals surface area contributed by atoms with E-state index in [9.17, 15) is 21.6 Å². The Hall–Kier alpha value is -2.55. The summed E-state index contributed by atoms with van der Waals surface area (Å²) in [6.45, 7) is 3.67. The van der Waals surface area contributed by atoms with Crippen LogP contribution in [-0.4, -0.2) is 20.7 Å². The van der Waals surface area contributed by atoms with E-state index in [0.29, 0.717) is 5.75 Å². The number of hydrazone groups is 1. The maximum atomic E-state index is 12.9. The summed E-state index contributed by atoms with van der Waals surface area (Å²) in [5.74, 6) is 0.501. The smallest absolute Gasteiger partial charge is 0.417 e. The lowest BCUT2D eigenvalue weighted by atomic mass is 10.1. The normalized spacial score (nSPS) is 12.5. The van der Waals surface area contributed by atoms with Crippen molar-refractivity contribution in [2.24, 2.45) is 5.10 Å². The molecule has 140 valence electrons. The summed E-state index contributed by atoms with van der Waals surface area (Å²) >= 11 is 0. The van der Waals surface area contributed by atoms with Crippen molar-refractivity contribution in [3.05, 3.63) is 59.7 Å². The fourth-order valence-electron chi connectivity index (χ4n) is 2.06. The Balaban J connectivity index is 2.15. The average Bonchev–Trinajstić information content (AvgIpc) is 2.54. The van der Waals surface area contributed by atoms with Crippen LogP contribution in [0.5, 0.6) is 5.75 Å². The fraction of sp³-hybridized carbons (Fsp3) is 0.235. The Morgan fingerprint density at radius 1 is 1.08 bits per heavy atom. The quantitative estimate of drug-likeness (QED) is 0.606. The lowest BCUT2D eigenvalue weighted by Crippen LogP contribution is -2.19. The second kappa shape index (κ2) is 7.77. The molecule has 0 unspecified atom stereocenters. The molecule has 0 radical (unpaired) electrons. The Morgan fingerprint density at radius 2 is 1.69 bits per heavy atom. The van der Waals surface area contributed by atoms with E-state index < -0.39 is 21.8 Å². The molecular formula is C17H17F3N2O3S. The van der Waals surface area contributed by atoms with Crippen LogP contribution in [0.25, 0.3) is 0 Å². The molecule has 2 aromatic carbocycles. The molecule has 0 fully saturated rings. The zero-order valence-electron chi connectivity index (χ0n) is 14.0. The van der Waals surface area contributed by atoms with Gasteiger partial charge in [-0.05, 0) is 44.2 Å². The van der Waals surface area contributed by atoms with E-state index in [0.717, 1.165) is 12.3 Å². The van der Waals surface area contributed by atoms with Gasteiger partial charge in [0.1, 0.15) is 5.75 Å². The van der Waals surface area contributed by atoms with Crippen LogP contribution in [0.2, 0.25) is 0 Å². The summed E-state index contributed by atoms with van der Waals surface area (Å²) in [6.07, 6.45) is -3.81. The first-order valence-corrected chi connectivity index (χ1v) is 9.06. The summed E-state index contributed by atoms with van der Waals surface area (Å²) in [5, 5.41) is 3.44. The van der Waals surface area contributed by atoms with Gasteiger partial charge in [0.25, 0.3) is 10.0 Å². The fourth-order valence-corrected chi connectivity index (χ4v) is 2.85. The second-order valence-electron chi connectivity index (χ2n) is 5.58. The molecule has 0 aliphatic carbocycles. The molecule has 0 aliphatic rings. The largest absolute Gasteiger partial charge is 0.491 e. The molecule has 5 nitrogen and oxygen atoms in total. The molecule has 2 rings (SSSR count). The van der Waals surface area contributed by atoms with Crippen LogP contribution < -0.4 is 9.57 Å². The van der Waals surface area contributed by atoms with Gasteiger partial charge in [-0.3, -0.25) is 0 Å². The van der Waals surface area contributed by atoms with Gasteiger partial charge in [0.05, 0.1) is 22.8 Å². The van der Waals surface area contributed by atoms with Gasteiger partial charge in [-0.1, -0.05) is 18.2 Å². The van der Waals surface area contributed by atoms with E-state index in [1.54, 1.807) is 0 Å². The number of nitrogens with one attached hydrogen (secondary N) is 1. The zero-order valence-corrected chi connectivity index (χ0v) is 14.8. The molecule has 0 aliphatic heterocycles. The first-order valence-electron chi connectivity index (χ1n) is 7.57. The summed E-state index contributed by atoms with van der Waals surface area (Å²) in [6, 6.07) is 10.3. The van der Waals surface area contributed by atoms with Crippen molar-refractivity contribution in [3.63, 3.8) is 0 Å². The van der Waals surface area contributed by atoms with Gasteiger partial charge in [0.15, 0.2) is 0 Å². The van der Waals surface area contributed by atoms with E-state index in [4.69, 9.17) is 4.74 Å². The molecule has 0 spiro atoms. The number of hydrogen-bond donors (Lipinski definition) is 1. The molecule has 26 heavy (non-hydrogen) atoms. The third kappa shape index (κ3) is 5.22. The highest BCUT2D eigenvalue weighted by Gasteiger charge is 2.32. The molecule has 0 aromatic heterocycles. The van der Waals surface area contributed by atoms with Crippen LogP contribution in [0, 0.1) is 0 Å². The first-order chi connectivity index (χ1) is 12.1. The van der Waals surface area contributed by atoms with Gasteiger partial charge in [-0.25, -0.2) is 4.83 Å². The minimum absolute atomic E-state index is 0.0612. The molecule has 2 aromatic rings. The molecule has 0 saturated heterocycles. The van der Waals surface area contributed by atoms with Crippen LogP contribution in [0.1, 0.15) is 25.0 Å². The molecule has 0 bridgehead atoms. The molecular weight excluding hydrogens is 369 g/mol. The number of hydrogen-bond acceptors (Lipinski definition) is 4. The van der Waals surface area contributed by atoms with E-state index in [-0.39, 0.29) is 16.6 Å². The van der Waals surface area contributed by atoms with Crippen molar-refractivity contribution < 1.29 is 26.3 Å². The molecule has 0 saturated carbocycles. The van der Waals surface area contributed by atoms with Gasteiger partial charge < -0.3 is 4.74 Å². The number of nitrogens with zero attached hydrogens (tertiary/aromatic N) is 1. The zero-order chi connectivity index (χ0) is 19.4. The number of rotatable bonds is 6. The van der Waals surface area contributed by atoms with Crippen LogP contribution in [-0.2, 0) is 16.2 Å². The topological polar surface area (TPSA) is 67.8 Å². The van der Waals surface area contributed by atoms with Gasteiger partial charge >= 0.3 is 6.18 Å². The van der Waals surface area contributed by atoms with E-state index in [1.165, 1.54) is 42.5 Å². The standard InChI is InChI=1S/C17H17F3N2O3S/c1-12(2)25-14-7-9-15(10-8-14)26(23,24)22-21-11-13-5-3-4-6-16(13)17(18,19)20/h3-12,22H,1-2H3/b21-11+. The maximum absolute atomic E-state index is 12.9. The Kier molecular flexibility index (Phi) is 5.91. The maximum Gasteiger partial charge on any atom is 0.417 e. The van der Waals surface area contributed by atoms with Crippen molar-refractivity contribution in [1.29, 1.82) is 0 Å². The van der Waals surface area contributed by atoms with Crippen LogP contribution in [0.15, 0.2) is 58.5 Å². The molecule has 0 heterocycles. The Labute approximate surface area is 149 Å². The third-order valence-corrected chi connectivity index (χ3v) is 4.39. The van der Waals surface area contributed by atoms with Crippen LogP contribution in [0.3, 0.4) is 0 Å². The molecule has 9 heteroatoms. The molecule has 0 amide bonds. The molecule has 0 atom stereocenters. The lowest BCUT2D eigenvalue weighted by Gasteiger charge is -2.10. The minimum Gasteiger partial charge on any atom is -0.491 e. The third-order valence-electron chi connectivity index (χ3n) is 3.15. The summed E-state index contributed by atoms with van der Waals surface area (Å²) in [5.41, 5.74) is -1.15. The highest BCUT2D eigenvalue weighted by Crippen LogP contribution is 2.31. The van der Waals surface area contributed by atoms with E-state index in [1.807, 2.05) is 18.7 Å². The lowest BCUT2D eigenvalue weighted by molar-refractivity contribution is -0.137. The monoisotopic (exact) mass is 386 g/mol. The highest BCUT2D eigenvalue weighted by molar-refractivity contribution is 7.89. The predicted molar refractivity (Wildman–Crippen MR) is 91.6 cm³/mol. The summed E-state index contributed by atoms with van der Waals surface area (Å²) < 4.78 is 68.4. The highest BCUT2D eigenvalue weighted by atomic mass is 32.2. The van der Waals surface area contributed by atoms with Crippen LogP contribution in [0.4, 0.5) is 13.2 Å². The van der Waals surface area contributed by atoms with Crippen molar-refractivity contribution >= 4 is 16.2 Å². The molecule has 1 N–H and O–H groups in total. The summed E-state index contributed by atoms with van der Waals surface area (Å²) in [4.78, 5) is 1.81. The minimum atomic E-state index is -4.56. The van der Waals surface area contributed by atoms with Crippen molar-refractivity contribution in [3.8, 4) is 5.75 Å². The summed E-state index contributed by atoms with van der Waals surface area (Å²) in [7, 11) is -4.01. The Bertz CT molecular complexity index is 877. The van der Waals surface area contributed by atoms with Gasteiger partial charge in [-0.2, -0.15) is 26.7 Å². The van der Waals surface area contributed by atoms with Gasteiger partial charge in [0, 0.05) is 5.56 Å². The van der Waals surface area contributed by atoms with Crippen LogP contribution >= 0.6 is 0 Å². The number of halogens is 3. The number of sulfonamides is 1. The number of alkyl halides is 3. The first kappa shape index (κ1) is 19.8. The SMILES string of the molecule is CC(C)Oc1ccc(S(=O)(=O)N/N=C/c2ccccc2C(F)(F)F)cc1. The Morgan fingerprint density at radius 3 is 2.27 bits per heavy atom. The van der Waals surface area contributed by atoms with Gasteiger partial charge in [-0.15, -0.1) is 0 Å². The number of benzene rings is 2. The van der Waals surface area contributed by atoms with E-state index in [2.05, 4.69) is 5.10 Å². The van der Waals surface area contributed by atoms with Crippen molar-refractivity contribution in [1.82, 2.24) is 4.83 Å². The van der Waals surface area contributed by atoms with Crippen molar-refractivity contribution in [2.75, 3.05) is 0 Å². The predicted octanol–water partition coefficient (Wildman–Crippen LogP) is 3.81. The second-order valence-corrected chi connectivity index (χ2v) is 7.24. The average molecular weight is 386 g/mol. The van der Waals surface area contributed by atoms with Gasteiger partial charge in [0.2, 0.25) is 0 Å².